The van der Waals surface area contributed by atoms with E-state index in [4.69, 9.17) is 0 Å². The minimum atomic E-state index is -0.345. The monoisotopic (exact) mass is 262 g/mol. The standard InChI is InChI=1S/C14H18N2O3/c1-19-13(18)10-14(6-7-14)16-12(17)3-2-11-4-8-15-9-5-11/h4-5,8-9H,2-3,6-7,10H2,1H3,(H,16,17). The summed E-state index contributed by atoms with van der Waals surface area (Å²) in [6, 6.07) is 3.79. The topological polar surface area (TPSA) is 68.3 Å². The predicted molar refractivity (Wildman–Crippen MR) is 69.3 cm³/mol. The number of amides is 1. The molecule has 1 heterocycles. The molecule has 0 bridgehead atoms. The van der Waals surface area contributed by atoms with Crippen molar-refractivity contribution in [2.24, 2.45) is 0 Å². The molecule has 1 aliphatic rings. The van der Waals surface area contributed by atoms with E-state index in [9.17, 15) is 9.59 Å². The third-order valence-electron chi connectivity index (χ3n) is 3.36. The number of aromatic nitrogens is 1. The molecular formula is C14H18N2O3. The second kappa shape index (κ2) is 5.82. The smallest absolute Gasteiger partial charge is 0.307 e. The lowest BCUT2D eigenvalue weighted by Gasteiger charge is -2.16. The van der Waals surface area contributed by atoms with Gasteiger partial charge >= 0.3 is 5.97 Å². The van der Waals surface area contributed by atoms with Crippen molar-refractivity contribution in [2.75, 3.05) is 7.11 Å². The molecule has 1 amide bonds. The third-order valence-corrected chi connectivity index (χ3v) is 3.36. The van der Waals surface area contributed by atoms with E-state index in [0.717, 1.165) is 18.4 Å². The van der Waals surface area contributed by atoms with Gasteiger partial charge in [0.2, 0.25) is 5.91 Å². The molecule has 1 aromatic heterocycles. The van der Waals surface area contributed by atoms with E-state index >= 15 is 0 Å². The van der Waals surface area contributed by atoms with Crippen LogP contribution in [0, 0.1) is 0 Å². The average Bonchev–Trinajstić information content (AvgIpc) is 3.16. The maximum absolute atomic E-state index is 11.9. The first-order valence-corrected chi connectivity index (χ1v) is 6.40. The third kappa shape index (κ3) is 4.05. The number of carbonyl (C=O) groups excluding carboxylic acids is 2. The Kier molecular flexibility index (Phi) is 4.14. The average molecular weight is 262 g/mol. The molecule has 1 N–H and O–H groups in total. The largest absolute Gasteiger partial charge is 0.469 e. The number of pyridine rings is 1. The molecule has 1 fully saturated rings. The number of methoxy groups -OCH3 is 1. The Labute approximate surface area is 112 Å². The van der Waals surface area contributed by atoms with Gasteiger partial charge < -0.3 is 10.1 Å². The van der Waals surface area contributed by atoms with Crippen molar-refractivity contribution in [3.8, 4) is 0 Å². The van der Waals surface area contributed by atoms with Gasteiger partial charge in [0.25, 0.3) is 0 Å². The lowest BCUT2D eigenvalue weighted by Crippen LogP contribution is -2.38. The van der Waals surface area contributed by atoms with Crippen LogP contribution in [0.4, 0.5) is 0 Å². The van der Waals surface area contributed by atoms with E-state index in [-0.39, 0.29) is 23.8 Å². The zero-order chi connectivity index (χ0) is 13.7. The molecule has 19 heavy (non-hydrogen) atoms. The lowest BCUT2D eigenvalue weighted by molar-refractivity contribution is -0.141. The van der Waals surface area contributed by atoms with Crippen molar-refractivity contribution in [1.29, 1.82) is 0 Å². The van der Waals surface area contributed by atoms with Crippen LogP contribution in [0.25, 0.3) is 0 Å². The van der Waals surface area contributed by atoms with Crippen LogP contribution < -0.4 is 5.32 Å². The van der Waals surface area contributed by atoms with Gasteiger partial charge in [0, 0.05) is 18.8 Å². The number of hydrogen-bond acceptors (Lipinski definition) is 4. The first-order chi connectivity index (χ1) is 9.13. The van der Waals surface area contributed by atoms with Crippen molar-refractivity contribution < 1.29 is 14.3 Å². The molecule has 0 aromatic carbocycles. The summed E-state index contributed by atoms with van der Waals surface area (Å²) in [7, 11) is 1.36. The normalized spacial score (nSPS) is 15.6. The molecule has 0 unspecified atom stereocenters. The van der Waals surface area contributed by atoms with Crippen LogP contribution >= 0.6 is 0 Å². The molecule has 1 aromatic rings. The Balaban J connectivity index is 1.77. The highest BCUT2D eigenvalue weighted by Gasteiger charge is 2.45. The highest BCUT2D eigenvalue weighted by atomic mass is 16.5. The predicted octanol–water partition coefficient (Wildman–Crippen LogP) is 1.23. The Morgan fingerprint density at radius 3 is 2.63 bits per heavy atom. The summed E-state index contributed by atoms with van der Waals surface area (Å²) in [5.41, 5.74) is 0.741. The van der Waals surface area contributed by atoms with Crippen LogP contribution in [-0.4, -0.2) is 29.5 Å². The summed E-state index contributed by atoms with van der Waals surface area (Å²) >= 11 is 0. The van der Waals surface area contributed by atoms with Gasteiger partial charge in [-0.05, 0) is 37.0 Å². The molecule has 0 aliphatic heterocycles. The van der Waals surface area contributed by atoms with Crippen LogP contribution in [0.2, 0.25) is 0 Å². The molecule has 0 saturated heterocycles. The second-order valence-corrected chi connectivity index (χ2v) is 4.94. The number of nitrogens with one attached hydrogen (secondary N) is 1. The highest BCUT2D eigenvalue weighted by Crippen LogP contribution is 2.39. The SMILES string of the molecule is COC(=O)CC1(NC(=O)CCc2ccncc2)CC1. The molecule has 5 heteroatoms. The summed E-state index contributed by atoms with van der Waals surface area (Å²) in [6.07, 6.45) is 6.51. The second-order valence-electron chi connectivity index (χ2n) is 4.94. The summed E-state index contributed by atoms with van der Waals surface area (Å²) in [5, 5.41) is 2.95. The van der Waals surface area contributed by atoms with Gasteiger partial charge in [-0.3, -0.25) is 14.6 Å². The Morgan fingerprint density at radius 2 is 2.05 bits per heavy atom. The first kappa shape index (κ1) is 13.5. The number of carbonyl (C=O) groups is 2. The van der Waals surface area contributed by atoms with Gasteiger partial charge in [-0.25, -0.2) is 0 Å². The molecular weight excluding hydrogens is 244 g/mol. The highest BCUT2D eigenvalue weighted by molar-refractivity contribution is 5.79. The van der Waals surface area contributed by atoms with Crippen molar-refractivity contribution in [3.63, 3.8) is 0 Å². The summed E-state index contributed by atoms with van der Waals surface area (Å²) in [5.74, 6) is -0.287. The van der Waals surface area contributed by atoms with Crippen LogP contribution in [0.1, 0.15) is 31.2 Å². The van der Waals surface area contributed by atoms with Gasteiger partial charge in [0.1, 0.15) is 0 Å². The number of aryl methyl sites for hydroxylation is 1. The van der Waals surface area contributed by atoms with Crippen LogP contribution in [0.3, 0.4) is 0 Å². The van der Waals surface area contributed by atoms with E-state index in [0.29, 0.717) is 12.8 Å². The first-order valence-electron chi connectivity index (χ1n) is 6.40. The van der Waals surface area contributed by atoms with Gasteiger partial charge in [-0.15, -0.1) is 0 Å². The molecule has 0 spiro atoms. The number of esters is 1. The van der Waals surface area contributed by atoms with Crippen molar-refractivity contribution in [1.82, 2.24) is 10.3 Å². The Hall–Kier alpha value is -1.91. The van der Waals surface area contributed by atoms with Gasteiger partial charge in [0.05, 0.1) is 19.1 Å². The lowest BCUT2D eigenvalue weighted by atomic mass is 10.1. The molecule has 0 atom stereocenters. The van der Waals surface area contributed by atoms with Crippen LogP contribution in [0.15, 0.2) is 24.5 Å². The Bertz CT molecular complexity index is 455. The molecule has 0 radical (unpaired) electrons. The fraction of sp³-hybridized carbons (Fsp3) is 0.500. The van der Waals surface area contributed by atoms with Crippen molar-refractivity contribution >= 4 is 11.9 Å². The van der Waals surface area contributed by atoms with E-state index in [1.807, 2.05) is 12.1 Å². The quantitative estimate of drug-likeness (QED) is 0.783. The molecule has 1 saturated carbocycles. The molecule has 102 valence electrons. The van der Waals surface area contributed by atoms with Crippen molar-refractivity contribution in [2.45, 2.75) is 37.6 Å². The minimum Gasteiger partial charge on any atom is -0.469 e. The van der Waals surface area contributed by atoms with Crippen molar-refractivity contribution in [3.05, 3.63) is 30.1 Å². The number of ether oxygens (including phenoxy) is 1. The molecule has 1 aliphatic carbocycles. The summed E-state index contributed by atoms with van der Waals surface area (Å²) in [4.78, 5) is 27.0. The maximum Gasteiger partial charge on any atom is 0.307 e. The minimum absolute atomic E-state index is 0.0155. The molecule has 2 rings (SSSR count). The van der Waals surface area contributed by atoms with E-state index in [1.165, 1.54) is 7.11 Å². The molecule has 5 nitrogen and oxygen atoms in total. The summed E-state index contributed by atoms with van der Waals surface area (Å²) < 4.78 is 4.64. The van der Waals surface area contributed by atoms with Gasteiger partial charge in [-0.1, -0.05) is 0 Å². The number of hydrogen-bond donors (Lipinski definition) is 1. The maximum atomic E-state index is 11.9. The Morgan fingerprint density at radius 1 is 1.37 bits per heavy atom. The van der Waals surface area contributed by atoms with E-state index in [1.54, 1.807) is 12.4 Å². The summed E-state index contributed by atoms with van der Waals surface area (Å²) in [6.45, 7) is 0. The fourth-order valence-electron chi connectivity index (χ4n) is 2.01. The van der Waals surface area contributed by atoms with Gasteiger partial charge in [0.15, 0.2) is 0 Å². The number of rotatable bonds is 6. The van der Waals surface area contributed by atoms with E-state index in [2.05, 4.69) is 15.0 Å². The van der Waals surface area contributed by atoms with Gasteiger partial charge in [-0.2, -0.15) is 0 Å². The van der Waals surface area contributed by atoms with E-state index < -0.39 is 0 Å². The van der Waals surface area contributed by atoms with Crippen LogP contribution in [0.5, 0.6) is 0 Å². The van der Waals surface area contributed by atoms with Crippen LogP contribution in [-0.2, 0) is 20.7 Å². The number of nitrogens with zero attached hydrogens (tertiary/aromatic N) is 1. The zero-order valence-corrected chi connectivity index (χ0v) is 11.0. The fourth-order valence-corrected chi connectivity index (χ4v) is 2.01. The zero-order valence-electron chi connectivity index (χ0n) is 11.0.